The van der Waals surface area contributed by atoms with E-state index in [0.717, 1.165) is 0 Å². The molecule has 2 aromatic rings. The normalized spacial score (nSPS) is 12.0. The number of terminal acetylenes is 1. The number of nitrogen functional groups attached to an aromatic ring is 1. The van der Waals surface area contributed by atoms with E-state index in [9.17, 15) is 18.0 Å². The predicted molar refractivity (Wildman–Crippen MR) is 109 cm³/mol. The molecule has 29 heavy (non-hydrogen) atoms. The van der Waals surface area contributed by atoms with E-state index < -0.39 is 38.3 Å². The van der Waals surface area contributed by atoms with E-state index in [0.29, 0.717) is 11.1 Å². The molecule has 0 bridgehead atoms. The van der Waals surface area contributed by atoms with E-state index in [1.54, 1.807) is 37.3 Å². The molecule has 1 unspecified atom stereocenters. The van der Waals surface area contributed by atoms with Gasteiger partial charge < -0.3 is 16.2 Å². The number of carbonyl (C=O) groups is 2. The molecule has 0 radical (unpaired) electrons. The highest BCUT2D eigenvalue weighted by atomic mass is 32.2. The van der Waals surface area contributed by atoms with Gasteiger partial charge in [-0.2, -0.15) is 0 Å². The summed E-state index contributed by atoms with van der Waals surface area (Å²) in [6, 6.07) is 10.3. The summed E-state index contributed by atoms with van der Waals surface area (Å²) in [6.45, 7) is 1.38. The molecule has 0 saturated heterocycles. The van der Waals surface area contributed by atoms with Crippen molar-refractivity contribution < 1.29 is 22.7 Å². The summed E-state index contributed by atoms with van der Waals surface area (Å²) >= 11 is 0. The maximum atomic E-state index is 12.3. The highest BCUT2D eigenvalue weighted by Gasteiger charge is 2.30. The Bertz CT molecular complexity index is 1090. The summed E-state index contributed by atoms with van der Waals surface area (Å²) < 4.78 is 29.5. The van der Waals surface area contributed by atoms with Gasteiger partial charge in [0.25, 0.3) is 5.91 Å². The van der Waals surface area contributed by atoms with Gasteiger partial charge in [-0.25, -0.2) is 13.6 Å². The molecule has 0 spiro atoms. The van der Waals surface area contributed by atoms with Crippen molar-refractivity contribution in [2.45, 2.75) is 24.2 Å². The zero-order chi connectivity index (χ0) is 21.8. The topological polar surface area (TPSA) is 156 Å². The molecule has 0 saturated carbocycles. The van der Waals surface area contributed by atoms with Crippen LogP contribution in [0.25, 0.3) is 11.1 Å². The first-order valence-electron chi connectivity index (χ1n) is 8.51. The van der Waals surface area contributed by atoms with E-state index in [1.807, 2.05) is 0 Å². The molecular weight excluding hydrogens is 394 g/mol. The maximum Gasteiger partial charge on any atom is 0.307 e. The summed E-state index contributed by atoms with van der Waals surface area (Å²) in [5.74, 6) is -0.191. The lowest BCUT2D eigenvalue weighted by Gasteiger charge is -2.21. The number of ether oxygens (including phenoxy) is 1. The second-order valence-electron chi connectivity index (χ2n) is 6.38. The van der Waals surface area contributed by atoms with Gasteiger partial charge in [0.15, 0.2) is 6.61 Å². The van der Waals surface area contributed by atoms with Gasteiger partial charge in [-0.3, -0.25) is 9.59 Å². The minimum atomic E-state index is -4.39. The van der Waals surface area contributed by atoms with Crippen molar-refractivity contribution in [1.82, 2.24) is 0 Å². The van der Waals surface area contributed by atoms with Crippen molar-refractivity contribution in [3.05, 3.63) is 47.5 Å². The number of benzene rings is 2. The smallest absolute Gasteiger partial charge is 0.307 e. The molecule has 2 aromatic carbocycles. The predicted octanol–water partition coefficient (Wildman–Crippen LogP) is 1.35. The fourth-order valence-electron chi connectivity index (χ4n) is 3.01. The van der Waals surface area contributed by atoms with E-state index in [4.69, 9.17) is 27.8 Å². The van der Waals surface area contributed by atoms with Crippen LogP contribution in [0, 0.1) is 12.3 Å². The van der Waals surface area contributed by atoms with Crippen molar-refractivity contribution in [2.24, 2.45) is 10.9 Å². The first kappa shape index (κ1) is 21.9. The van der Waals surface area contributed by atoms with Gasteiger partial charge in [-0.1, -0.05) is 43.2 Å². The number of carbonyl (C=O) groups excluding carboxylic acids is 2. The van der Waals surface area contributed by atoms with Crippen LogP contribution in [0.3, 0.4) is 0 Å². The quantitative estimate of drug-likeness (QED) is 0.352. The Morgan fingerprint density at radius 2 is 1.86 bits per heavy atom. The highest BCUT2D eigenvalue weighted by molar-refractivity contribution is 7.89. The van der Waals surface area contributed by atoms with Gasteiger partial charge in [0.2, 0.25) is 10.0 Å². The average Bonchev–Trinajstić information content (AvgIpc) is 2.65. The lowest BCUT2D eigenvalue weighted by molar-refractivity contribution is -0.142. The number of primary sulfonamides is 1. The van der Waals surface area contributed by atoms with E-state index >= 15 is 0 Å². The lowest BCUT2D eigenvalue weighted by atomic mass is 9.90. The van der Waals surface area contributed by atoms with Gasteiger partial charge in [-0.15, -0.1) is 6.42 Å². The third-order valence-electron chi connectivity index (χ3n) is 4.28. The summed E-state index contributed by atoms with van der Waals surface area (Å²) in [5.41, 5.74) is 12.2. The Hall–Kier alpha value is -3.35. The van der Waals surface area contributed by atoms with Gasteiger partial charge in [0, 0.05) is 5.56 Å². The SMILES string of the molecule is C#CCOC(=O)CC(C)c1cc(-c2ccccc2)c(N)c(C(N)=O)c1S(N)(=O)=O. The van der Waals surface area contributed by atoms with Crippen LogP contribution < -0.4 is 16.6 Å². The van der Waals surface area contributed by atoms with Crippen molar-refractivity contribution in [1.29, 1.82) is 0 Å². The summed E-state index contributed by atoms with van der Waals surface area (Å²) in [4.78, 5) is 23.6. The summed E-state index contributed by atoms with van der Waals surface area (Å²) in [5, 5.41) is 5.37. The van der Waals surface area contributed by atoms with Crippen LogP contribution in [0.15, 0.2) is 41.3 Å². The molecule has 0 fully saturated rings. The first-order valence-corrected chi connectivity index (χ1v) is 10.1. The Kier molecular flexibility index (Phi) is 6.64. The van der Waals surface area contributed by atoms with Crippen LogP contribution >= 0.6 is 0 Å². The number of rotatable bonds is 7. The number of sulfonamides is 1. The van der Waals surface area contributed by atoms with E-state index in [2.05, 4.69) is 5.92 Å². The highest BCUT2D eigenvalue weighted by Crippen LogP contribution is 2.38. The fourth-order valence-corrected chi connectivity index (χ4v) is 4.10. The van der Waals surface area contributed by atoms with Crippen LogP contribution in [-0.2, 0) is 19.6 Å². The Labute approximate surface area is 169 Å². The van der Waals surface area contributed by atoms with E-state index in [-0.39, 0.29) is 24.3 Å². The van der Waals surface area contributed by atoms with Crippen LogP contribution in [0.1, 0.15) is 35.2 Å². The third-order valence-corrected chi connectivity index (χ3v) is 5.29. The Morgan fingerprint density at radius 1 is 1.24 bits per heavy atom. The zero-order valence-electron chi connectivity index (χ0n) is 15.7. The zero-order valence-corrected chi connectivity index (χ0v) is 16.5. The molecule has 0 heterocycles. The number of nitrogens with two attached hydrogens (primary N) is 3. The van der Waals surface area contributed by atoms with Crippen LogP contribution in [0.5, 0.6) is 0 Å². The second-order valence-corrected chi connectivity index (χ2v) is 7.87. The molecule has 8 nitrogen and oxygen atoms in total. The number of esters is 1. The van der Waals surface area contributed by atoms with Gasteiger partial charge >= 0.3 is 5.97 Å². The molecule has 2 rings (SSSR count). The van der Waals surface area contributed by atoms with Crippen LogP contribution in [0.2, 0.25) is 0 Å². The monoisotopic (exact) mass is 415 g/mol. The molecule has 1 amide bonds. The Balaban J connectivity index is 2.76. The molecule has 6 N–H and O–H groups in total. The number of anilines is 1. The van der Waals surface area contributed by atoms with Crippen molar-refractivity contribution in [3.8, 4) is 23.5 Å². The minimum absolute atomic E-state index is 0.112. The lowest BCUT2D eigenvalue weighted by Crippen LogP contribution is -2.25. The molecule has 0 aliphatic heterocycles. The van der Waals surface area contributed by atoms with Gasteiger partial charge in [-0.05, 0) is 23.1 Å². The standard InChI is InChI=1S/C20H21N3O5S/c1-3-9-28-16(24)10-12(2)14-11-15(13-7-5-4-6-8-13)18(21)17(20(22)25)19(14)29(23,26)27/h1,4-8,11-12H,9-10,21H2,2H3,(H2,22,25)(H2,23,26,27). The fraction of sp³-hybridized carbons (Fsp3) is 0.200. The molecular formula is C20H21N3O5S. The molecule has 9 heteroatoms. The molecule has 0 aliphatic rings. The van der Waals surface area contributed by atoms with Crippen molar-refractivity contribution >= 4 is 27.6 Å². The third kappa shape index (κ3) is 4.93. The van der Waals surface area contributed by atoms with Crippen LogP contribution in [-0.4, -0.2) is 26.9 Å². The number of primary amides is 1. The molecule has 0 aromatic heterocycles. The van der Waals surface area contributed by atoms with Crippen molar-refractivity contribution in [2.75, 3.05) is 12.3 Å². The number of amides is 1. The molecule has 0 aliphatic carbocycles. The molecule has 152 valence electrons. The van der Waals surface area contributed by atoms with Crippen LogP contribution in [0.4, 0.5) is 5.69 Å². The van der Waals surface area contributed by atoms with Crippen molar-refractivity contribution in [3.63, 3.8) is 0 Å². The molecule has 1 atom stereocenters. The number of hydrogen-bond acceptors (Lipinski definition) is 6. The summed E-state index contributed by atoms with van der Waals surface area (Å²) in [7, 11) is -4.39. The van der Waals surface area contributed by atoms with E-state index in [1.165, 1.54) is 6.07 Å². The minimum Gasteiger partial charge on any atom is -0.452 e. The van der Waals surface area contributed by atoms with Gasteiger partial charge in [0.1, 0.15) is 4.90 Å². The number of hydrogen-bond donors (Lipinski definition) is 3. The maximum absolute atomic E-state index is 12.3. The second kappa shape index (κ2) is 8.77. The Morgan fingerprint density at radius 3 is 2.38 bits per heavy atom. The summed E-state index contributed by atoms with van der Waals surface area (Å²) in [6.07, 6.45) is 4.87. The first-order chi connectivity index (χ1) is 13.6. The van der Waals surface area contributed by atoms with Gasteiger partial charge in [0.05, 0.1) is 17.7 Å². The largest absolute Gasteiger partial charge is 0.452 e. The average molecular weight is 415 g/mol.